The van der Waals surface area contributed by atoms with Gasteiger partial charge in [-0.05, 0) is 62.9 Å². The summed E-state index contributed by atoms with van der Waals surface area (Å²) in [6.45, 7) is 5.82. The molecule has 0 N–H and O–H groups in total. The lowest BCUT2D eigenvalue weighted by atomic mass is 9.78. The van der Waals surface area contributed by atoms with Gasteiger partial charge in [-0.2, -0.15) is 0 Å². The van der Waals surface area contributed by atoms with E-state index < -0.39 is 0 Å². The van der Waals surface area contributed by atoms with Crippen molar-refractivity contribution in [1.29, 1.82) is 0 Å². The van der Waals surface area contributed by atoms with Crippen molar-refractivity contribution in [1.82, 2.24) is 4.90 Å². The first-order valence-electron chi connectivity index (χ1n) is 13.3. The number of carbonyl (C=O) groups excluding carboxylic acids is 1. The van der Waals surface area contributed by atoms with Gasteiger partial charge in [-0.15, -0.1) is 11.8 Å². The Bertz CT molecular complexity index is 1050. The van der Waals surface area contributed by atoms with E-state index in [0.717, 1.165) is 68.4 Å². The lowest BCUT2D eigenvalue weighted by Crippen LogP contribution is -2.49. The number of benzene rings is 2. The number of rotatable bonds is 7. The van der Waals surface area contributed by atoms with Crippen LogP contribution in [0.15, 0.2) is 42.5 Å². The molecule has 1 saturated heterocycles. The zero-order valence-corrected chi connectivity index (χ0v) is 22.4. The molecule has 1 saturated carbocycles. The fourth-order valence-corrected chi connectivity index (χ4v) is 7.10. The Hall–Kier alpha value is -2.54. The summed E-state index contributed by atoms with van der Waals surface area (Å²) < 4.78 is 17.8. The smallest absolute Gasteiger partial charge is 0.232 e. The molecular weight excluding hydrogens is 472 g/mol. The van der Waals surface area contributed by atoms with Gasteiger partial charge in [0.2, 0.25) is 5.91 Å². The molecule has 5 rings (SSSR count). The van der Waals surface area contributed by atoms with Crippen molar-refractivity contribution >= 4 is 23.4 Å². The number of carbonyl (C=O) groups is 1. The van der Waals surface area contributed by atoms with Crippen molar-refractivity contribution in [2.24, 2.45) is 0 Å². The minimum absolute atomic E-state index is 0.0819. The Morgan fingerprint density at radius 1 is 1.06 bits per heavy atom. The van der Waals surface area contributed by atoms with Crippen LogP contribution in [0.4, 0.5) is 5.69 Å². The molecule has 2 aromatic rings. The lowest BCUT2D eigenvalue weighted by molar-refractivity contribution is -0.128. The summed E-state index contributed by atoms with van der Waals surface area (Å²) in [6.07, 6.45) is 6.92. The molecule has 1 unspecified atom stereocenters. The Kier molecular flexibility index (Phi) is 7.85. The van der Waals surface area contributed by atoms with Crippen LogP contribution in [-0.2, 0) is 4.79 Å². The molecule has 7 heteroatoms. The number of anilines is 1. The highest BCUT2D eigenvalue weighted by Crippen LogP contribution is 2.51. The van der Waals surface area contributed by atoms with Gasteiger partial charge < -0.3 is 24.0 Å². The van der Waals surface area contributed by atoms with Gasteiger partial charge in [-0.1, -0.05) is 12.5 Å². The van der Waals surface area contributed by atoms with Gasteiger partial charge in [0.05, 0.1) is 19.5 Å². The maximum Gasteiger partial charge on any atom is 0.232 e. The molecule has 2 fully saturated rings. The number of ether oxygens (including phenoxy) is 3. The molecule has 1 amide bonds. The Labute approximate surface area is 219 Å². The molecule has 2 aliphatic heterocycles. The van der Waals surface area contributed by atoms with Crippen LogP contribution in [0.25, 0.3) is 0 Å². The van der Waals surface area contributed by atoms with Crippen LogP contribution in [0.1, 0.15) is 56.3 Å². The summed E-state index contributed by atoms with van der Waals surface area (Å²) in [6, 6.07) is 14.4. The van der Waals surface area contributed by atoms with Gasteiger partial charge in [0.15, 0.2) is 0 Å². The summed E-state index contributed by atoms with van der Waals surface area (Å²) >= 11 is 1.78. The third-order valence-electron chi connectivity index (χ3n) is 7.75. The second-order valence-corrected chi connectivity index (χ2v) is 11.2. The molecular formula is C29H38N2O4S. The van der Waals surface area contributed by atoms with Crippen molar-refractivity contribution < 1.29 is 19.0 Å². The van der Waals surface area contributed by atoms with Crippen molar-refractivity contribution in [2.45, 2.75) is 56.3 Å². The van der Waals surface area contributed by atoms with E-state index in [9.17, 15) is 4.79 Å². The fraction of sp³-hybridized carbons (Fsp3) is 0.552. The third-order valence-corrected chi connectivity index (χ3v) is 8.98. The topological polar surface area (TPSA) is 51.2 Å². The number of thioether (sulfide) groups is 1. The lowest BCUT2D eigenvalue weighted by Gasteiger charge is -2.44. The maximum atomic E-state index is 13.2. The Morgan fingerprint density at radius 3 is 2.61 bits per heavy atom. The molecule has 0 radical (unpaired) electrons. The highest BCUT2D eigenvalue weighted by molar-refractivity contribution is 8.00. The van der Waals surface area contributed by atoms with Gasteiger partial charge >= 0.3 is 0 Å². The number of hydrogen-bond donors (Lipinski definition) is 0. The normalized spacial score (nSPS) is 21.0. The summed E-state index contributed by atoms with van der Waals surface area (Å²) in [4.78, 5) is 17.6. The van der Waals surface area contributed by atoms with Crippen molar-refractivity contribution in [3.8, 4) is 17.2 Å². The van der Waals surface area contributed by atoms with Gasteiger partial charge in [0.25, 0.3) is 0 Å². The van der Waals surface area contributed by atoms with E-state index in [-0.39, 0.29) is 16.8 Å². The SMILES string of the molecule is CCOc1ccc2c(c1)C(SCC(=O)N1CCN(c3cccc(OC)c3)CC1)CC1(CCCCC1)O2. The average Bonchev–Trinajstić information content (AvgIpc) is 2.92. The Balaban J connectivity index is 1.22. The standard InChI is InChI=1S/C29H38N2O4S/c1-3-34-24-10-11-26-25(19-24)27(20-29(35-26)12-5-4-6-13-29)36-21-28(32)31-16-14-30(15-17-31)22-8-7-9-23(18-22)33-2/h7-11,18-19,27H,3-6,12-17,20-21H2,1-2H3. The van der Waals surface area contributed by atoms with E-state index in [1.165, 1.54) is 24.8 Å². The zero-order valence-electron chi connectivity index (χ0n) is 21.5. The van der Waals surface area contributed by atoms with E-state index in [4.69, 9.17) is 14.2 Å². The molecule has 0 aromatic heterocycles. The minimum atomic E-state index is -0.0819. The average molecular weight is 511 g/mol. The van der Waals surface area contributed by atoms with E-state index in [1.807, 2.05) is 30.0 Å². The highest BCUT2D eigenvalue weighted by Gasteiger charge is 2.42. The molecule has 2 heterocycles. The highest BCUT2D eigenvalue weighted by atomic mass is 32.2. The maximum absolute atomic E-state index is 13.2. The quantitative estimate of drug-likeness (QED) is 0.476. The molecule has 1 aliphatic carbocycles. The predicted octanol–water partition coefficient (Wildman–Crippen LogP) is 5.70. The van der Waals surface area contributed by atoms with E-state index in [1.54, 1.807) is 18.9 Å². The van der Waals surface area contributed by atoms with Crippen LogP contribution in [0.3, 0.4) is 0 Å². The first-order chi connectivity index (χ1) is 17.6. The van der Waals surface area contributed by atoms with Crippen LogP contribution in [0, 0.1) is 0 Å². The largest absolute Gasteiger partial charge is 0.497 e. The molecule has 1 spiro atoms. The number of nitrogens with zero attached hydrogens (tertiary/aromatic N) is 2. The summed E-state index contributed by atoms with van der Waals surface area (Å²) in [5.74, 6) is 3.45. The molecule has 0 bridgehead atoms. The number of fused-ring (bicyclic) bond motifs is 1. The van der Waals surface area contributed by atoms with Crippen LogP contribution in [-0.4, -0.2) is 62.1 Å². The zero-order chi connectivity index (χ0) is 25.0. The molecule has 36 heavy (non-hydrogen) atoms. The Morgan fingerprint density at radius 2 is 1.86 bits per heavy atom. The molecule has 2 aromatic carbocycles. The van der Waals surface area contributed by atoms with Gasteiger partial charge in [-0.25, -0.2) is 0 Å². The van der Waals surface area contributed by atoms with Crippen LogP contribution >= 0.6 is 11.8 Å². The van der Waals surface area contributed by atoms with Gasteiger partial charge in [-0.3, -0.25) is 4.79 Å². The predicted molar refractivity (Wildman–Crippen MR) is 146 cm³/mol. The summed E-state index contributed by atoms with van der Waals surface area (Å²) in [5, 5.41) is 0.245. The van der Waals surface area contributed by atoms with E-state index >= 15 is 0 Å². The number of amides is 1. The molecule has 1 atom stereocenters. The van der Waals surface area contributed by atoms with E-state index in [0.29, 0.717) is 12.4 Å². The van der Waals surface area contributed by atoms with Gasteiger partial charge in [0, 0.05) is 55.2 Å². The number of hydrogen-bond acceptors (Lipinski definition) is 6. The molecule has 194 valence electrons. The summed E-state index contributed by atoms with van der Waals surface area (Å²) in [5.41, 5.74) is 2.25. The van der Waals surface area contributed by atoms with Crippen LogP contribution < -0.4 is 19.1 Å². The number of piperazine rings is 1. The minimum Gasteiger partial charge on any atom is -0.497 e. The van der Waals surface area contributed by atoms with Gasteiger partial charge in [0.1, 0.15) is 22.8 Å². The summed E-state index contributed by atoms with van der Waals surface area (Å²) in [7, 11) is 1.69. The molecule has 6 nitrogen and oxygen atoms in total. The molecule has 3 aliphatic rings. The van der Waals surface area contributed by atoms with E-state index in [2.05, 4.69) is 29.2 Å². The third kappa shape index (κ3) is 5.56. The first kappa shape index (κ1) is 25.1. The van der Waals surface area contributed by atoms with Crippen molar-refractivity contribution in [3.05, 3.63) is 48.0 Å². The monoisotopic (exact) mass is 510 g/mol. The second-order valence-electron chi connectivity index (χ2n) is 10.1. The van der Waals surface area contributed by atoms with Crippen LogP contribution in [0.2, 0.25) is 0 Å². The van der Waals surface area contributed by atoms with Crippen LogP contribution in [0.5, 0.6) is 17.2 Å². The second kappa shape index (κ2) is 11.2. The van der Waals surface area contributed by atoms with Crippen molar-refractivity contribution in [2.75, 3.05) is 50.5 Å². The fourth-order valence-electron chi connectivity index (χ4n) is 5.79. The first-order valence-corrected chi connectivity index (χ1v) is 14.4. The van der Waals surface area contributed by atoms with Crippen molar-refractivity contribution in [3.63, 3.8) is 0 Å². The number of methoxy groups -OCH3 is 1.